The molecule has 0 fully saturated rings. The Bertz CT molecular complexity index is 465. The second-order valence-electron chi connectivity index (χ2n) is 4.89. The van der Waals surface area contributed by atoms with Crippen LogP contribution in [-0.2, 0) is 11.2 Å². The van der Waals surface area contributed by atoms with Gasteiger partial charge >= 0.3 is 5.97 Å². The van der Waals surface area contributed by atoms with E-state index in [2.05, 4.69) is 0 Å². The van der Waals surface area contributed by atoms with Gasteiger partial charge in [-0.1, -0.05) is 0 Å². The van der Waals surface area contributed by atoms with E-state index in [4.69, 9.17) is 14.2 Å². The summed E-state index contributed by atoms with van der Waals surface area (Å²) in [5, 5.41) is 9.22. The van der Waals surface area contributed by atoms with Crippen LogP contribution in [0, 0.1) is 5.41 Å². The van der Waals surface area contributed by atoms with Crippen LogP contribution in [0.1, 0.15) is 19.4 Å². The van der Waals surface area contributed by atoms with E-state index in [0.717, 1.165) is 5.56 Å². The minimum Gasteiger partial charge on any atom is -0.497 e. The van der Waals surface area contributed by atoms with Crippen LogP contribution in [0.25, 0.3) is 0 Å². The molecule has 0 spiro atoms. The van der Waals surface area contributed by atoms with E-state index in [1.165, 1.54) is 14.2 Å². The van der Waals surface area contributed by atoms with Crippen molar-refractivity contribution in [3.63, 3.8) is 0 Å². The molecule has 0 bridgehead atoms. The standard InChI is InChI=1S/C14H20O5/c1-14(2,13(15)16)8-9-6-10(17-3)7-11(18-4)12(9)19-5/h6-7H,8H2,1-5H3,(H,15,16). The van der Waals surface area contributed by atoms with Crippen molar-refractivity contribution in [3.05, 3.63) is 17.7 Å². The monoisotopic (exact) mass is 268 g/mol. The van der Waals surface area contributed by atoms with Gasteiger partial charge in [0.1, 0.15) is 5.75 Å². The second-order valence-corrected chi connectivity index (χ2v) is 4.89. The summed E-state index contributed by atoms with van der Waals surface area (Å²) in [5.74, 6) is 0.806. The Morgan fingerprint density at radius 1 is 1.16 bits per heavy atom. The molecule has 1 rings (SSSR count). The summed E-state index contributed by atoms with van der Waals surface area (Å²) in [6.07, 6.45) is 0.319. The fourth-order valence-electron chi connectivity index (χ4n) is 1.82. The van der Waals surface area contributed by atoms with Gasteiger partial charge in [0.25, 0.3) is 0 Å². The smallest absolute Gasteiger partial charge is 0.309 e. The van der Waals surface area contributed by atoms with E-state index in [0.29, 0.717) is 23.7 Å². The fourth-order valence-corrected chi connectivity index (χ4v) is 1.82. The van der Waals surface area contributed by atoms with Crippen molar-refractivity contribution in [2.24, 2.45) is 5.41 Å². The summed E-state index contributed by atoms with van der Waals surface area (Å²) in [4.78, 5) is 11.2. The first-order valence-corrected chi connectivity index (χ1v) is 5.88. The maximum absolute atomic E-state index is 11.2. The predicted octanol–water partition coefficient (Wildman–Crippen LogP) is 2.37. The summed E-state index contributed by atoms with van der Waals surface area (Å²) in [5.41, 5.74) is -0.156. The normalized spacial score (nSPS) is 11.0. The van der Waals surface area contributed by atoms with E-state index in [1.54, 1.807) is 33.1 Å². The lowest BCUT2D eigenvalue weighted by Gasteiger charge is -2.22. The van der Waals surface area contributed by atoms with Crippen LogP contribution < -0.4 is 14.2 Å². The summed E-state index contributed by atoms with van der Waals surface area (Å²) >= 11 is 0. The van der Waals surface area contributed by atoms with E-state index in [-0.39, 0.29) is 0 Å². The lowest BCUT2D eigenvalue weighted by molar-refractivity contribution is -0.146. The molecule has 1 aromatic carbocycles. The van der Waals surface area contributed by atoms with Gasteiger partial charge in [0.15, 0.2) is 11.5 Å². The Labute approximate surface area is 113 Å². The molecule has 106 valence electrons. The first kappa shape index (κ1) is 15.1. The molecule has 0 atom stereocenters. The zero-order valence-corrected chi connectivity index (χ0v) is 11.9. The van der Waals surface area contributed by atoms with Crippen molar-refractivity contribution in [1.29, 1.82) is 0 Å². The van der Waals surface area contributed by atoms with Gasteiger partial charge in [-0.3, -0.25) is 4.79 Å². The van der Waals surface area contributed by atoms with Crippen LogP contribution >= 0.6 is 0 Å². The number of carbonyl (C=O) groups is 1. The highest BCUT2D eigenvalue weighted by atomic mass is 16.5. The van der Waals surface area contributed by atoms with Gasteiger partial charge in [-0.05, 0) is 26.3 Å². The van der Waals surface area contributed by atoms with E-state index < -0.39 is 11.4 Å². The number of hydrogen-bond acceptors (Lipinski definition) is 4. The number of carboxylic acids is 1. The van der Waals surface area contributed by atoms with Crippen molar-refractivity contribution in [2.75, 3.05) is 21.3 Å². The van der Waals surface area contributed by atoms with Crippen molar-refractivity contribution >= 4 is 5.97 Å². The highest BCUT2D eigenvalue weighted by molar-refractivity contribution is 5.74. The number of carboxylic acid groups (broad SMARTS) is 1. The average Bonchev–Trinajstić information content (AvgIpc) is 2.36. The minimum atomic E-state index is -0.898. The molecule has 0 saturated carbocycles. The first-order chi connectivity index (χ1) is 8.85. The number of ether oxygens (including phenoxy) is 3. The Morgan fingerprint density at radius 2 is 1.79 bits per heavy atom. The fraction of sp³-hybridized carbons (Fsp3) is 0.500. The molecule has 0 aromatic heterocycles. The quantitative estimate of drug-likeness (QED) is 0.858. The van der Waals surface area contributed by atoms with Gasteiger partial charge in [0, 0.05) is 11.6 Å². The minimum absolute atomic E-state index is 0.319. The van der Waals surface area contributed by atoms with Crippen molar-refractivity contribution < 1.29 is 24.1 Å². The number of benzene rings is 1. The molecule has 0 aliphatic carbocycles. The van der Waals surface area contributed by atoms with Crippen LogP contribution in [0.2, 0.25) is 0 Å². The molecule has 1 aromatic rings. The summed E-state index contributed by atoms with van der Waals surface area (Å²) in [7, 11) is 4.61. The third-order valence-electron chi connectivity index (χ3n) is 2.98. The maximum Gasteiger partial charge on any atom is 0.309 e. The summed E-state index contributed by atoms with van der Waals surface area (Å²) < 4.78 is 15.7. The Balaban J connectivity index is 3.28. The highest BCUT2D eigenvalue weighted by Gasteiger charge is 2.29. The number of aliphatic carboxylic acids is 1. The maximum atomic E-state index is 11.2. The van der Waals surface area contributed by atoms with Gasteiger partial charge in [-0.2, -0.15) is 0 Å². The van der Waals surface area contributed by atoms with Gasteiger partial charge in [-0.25, -0.2) is 0 Å². The predicted molar refractivity (Wildman–Crippen MR) is 71.2 cm³/mol. The summed E-state index contributed by atoms with van der Waals surface area (Å²) in [6.45, 7) is 3.33. The SMILES string of the molecule is COc1cc(CC(C)(C)C(=O)O)c(OC)c(OC)c1. The molecule has 0 unspecified atom stereocenters. The molecule has 5 heteroatoms. The third-order valence-corrected chi connectivity index (χ3v) is 2.98. The molecule has 0 aliphatic rings. The van der Waals surface area contributed by atoms with Crippen LogP contribution in [0.3, 0.4) is 0 Å². The highest BCUT2D eigenvalue weighted by Crippen LogP contribution is 2.38. The van der Waals surface area contributed by atoms with Gasteiger partial charge < -0.3 is 19.3 Å². The van der Waals surface area contributed by atoms with Gasteiger partial charge in [-0.15, -0.1) is 0 Å². The Hall–Kier alpha value is -1.91. The molecule has 19 heavy (non-hydrogen) atoms. The van der Waals surface area contributed by atoms with Gasteiger partial charge in [0.05, 0.1) is 26.7 Å². The number of rotatable bonds is 6. The Morgan fingerprint density at radius 3 is 2.21 bits per heavy atom. The van der Waals surface area contributed by atoms with Crippen LogP contribution in [0.5, 0.6) is 17.2 Å². The second kappa shape index (κ2) is 5.82. The van der Waals surface area contributed by atoms with Crippen molar-refractivity contribution in [2.45, 2.75) is 20.3 Å². The van der Waals surface area contributed by atoms with Gasteiger partial charge in [0.2, 0.25) is 0 Å². The molecule has 0 amide bonds. The van der Waals surface area contributed by atoms with Crippen LogP contribution in [0.4, 0.5) is 0 Å². The van der Waals surface area contributed by atoms with Crippen molar-refractivity contribution in [1.82, 2.24) is 0 Å². The summed E-state index contributed by atoms with van der Waals surface area (Å²) in [6, 6.07) is 3.47. The molecule has 0 radical (unpaired) electrons. The lowest BCUT2D eigenvalue weighted by atomic mass is 9.85. The van der Waals surface area contributed by atoms with Crippen molar-refractivity contribution in [3.8, 4) is 17.2 Å². The molecular formula is C14H20O5. The largest absolute Gasteiger partial charge is 0.497 e. The average molecular weight is 268 g/mol. The number of hydrogen-bond donors (Lipinski definition) is 1. The third kappa shape index (κ3) is 3.30. The molecular weight excluding hydrogens is 248 g/mol. The van der Waals surface area contributed by atoms with E-state index >= 15 is 0 Å². The lowest BCUT2D eigenvalue weighted by Crippen LogP contribution is -2.26. The molecule has 0 aliphatic heterocycles. The Kier molecular flexibility index (Phi) is 4.64. The topological polar surface area (TPSA) is 65.0 Å². The zero-order chi connectivity index (χ0) is 14.6. The van der Waals surface area contributed by atoms with E-state index in [9.17, 15) is 9.90 Å². The molecule has 0 heterocycles. The molecule has 0 saturated heterocycles. The zero-order valence-electron chi connectivity index (χ0n) is 11.9. The molecule has 5 nitrogen and oxygen atoms in total. The van der Waals surface area contributed by atoms with Crippen LogP contribution in [0.15, 0.2) is 12.1 Å². The number of methoxy groups -OCH3 is 3. The molecule has 1 N–H and O–H groups in total. The van der Waals surface area contributed by atoms with Crippen LogP contribution in [-0.4, -0.2) is 32.4 Å². The first-order valence-electron chi connectivity index (χ1n) is 5.88. The van der Waals surface area contributed by atoms with E-state index in [1.807, 2.05) is 0 Å².